The molecule has 1 saturated heterocycles. The van der Waals surface area contributed by atoms with Gasteiger partial charge in [-0.2, -0.15) is 5.26 Å². The van der Waals surface area contributed by atoms with Crippen molar-refractivity contribution in [1.29, 1.82) is 5.26 Å². The summed E-state index contributed by atoms with van der Waals surface area (Å²) in [6, 6.07) is 16.8. The van der Waals surface area contributed by atoms with E-state index in [0.717, 1.165) is 29.5 Å². The maximum Gasteiger partial charge on any atom is 0.411 e. The first-order chi connectivity index (χ1) is 16.7. The first-order valence-electron chi connectivity index (χ1n) is 12.2. The first-order valence-corrected chi connectivity index (χ1v) is 12.2. The van der Waals surface area contributed by atoms with Crippen molar-refractivity contribution in [3.63, 3.8) is 0 Å². The Balaban J connectivity index is 1.45. The van der Waals surface area contributed by atoms with Gasteiger partial charge in [0.2, 0.25) is 5.91 Å². The molecule has 2 amide bonds. The van der Waals surface area contributed by atoms with E-state index in [1.54, 1.807) is 17.0 Å². The summed E-state index contributed by atoms with van der Waals surface area (Å²) in [6.45, 7) is 7.37. The Morgan fingerprint density at radius 2 is 1.77 bits per heavy atom. The zero-order chi connectivity index (χ0) is 25.0. The van der Waals surface area contributed by atoms with Crippen LogP contribution in [0.4, 0.5) is 4.79 Å². The van der Waals surface area contributed by atoms with Crippen molar-refractivity contribution in [2.45, 2.75) is 70.9 Å². The Morgan fingerprint density at radius 3 is 2.46 bits per heavy atom. The second-order valence-corrected chi connectivity index (χ2v) is 10.2. The molecule has 2 heterocycles. The maximum absolute atomic E-state index is 13.8. The van der Waals surface area contributed by atoms with Crippen LogP contribution in [-0.4, -0.2) is 52.6 Å². The number of likely N-dealkylation sites (tertiary alicyclic amines) is 1. The van der Waals surface area contributed by atoms with Crippen LogP contribution in [0.3, 0.4) is 0 Å². The molecule has 7 nitrogen and oxygen atoms in total. The molecular weight excluding hydrogens is 442 g/mol. The largest absolute Gasteiger partial charge is 0.444 e. The van der Waals surface area contributed by atoms with Crippen LogP contribution >= 0.6 is 0 Å². The zero-order valence-electron chi connectivity index (χ0n) is 20.7. The summed E-state index contributed by atoms with van der Waals surface area (Å²) in [6.07, 6.45) is 1.79. The van der Waals surface area contributed by atoms with E-state index in [0.29, 0.717) is 38.3 Å². The van der Waals surface area contributed by atoms with Crippen LogP contribution in [0.2, 0.25) is 0 Å². The van der Waals surface area contributed by atoms with Gasteiger partial charge in [0.25, 0.3) is 0 Å². The Hall–Kier alpha value is -3.37. The molecule has 7 heteroatoms. The predicted molar refractivity (Wildman–Crippen MR) is 131 cm³/mol. The van der Waals surface area contributed by atoms with Crippen molar-refractivity contribution >= 4 is 12.0 Å². The normalized spacial score (nSPS) is 19.7. The highest BCUT2D eigenvalue weighted by Crippen LogP contribution is 2.29. The first kappa shape index (κ1) is 24.7. The van der Waals surface area contributed by atoms with Gasteiger partial charge in [-0.05, 0) is 62.4 Å². The third kappa shape index (κ3) is 6.01. The lowest BCUT2D eigenvalue weighted by Crippen LogP contribution is -2.55. The molecule has 0 spiro atoms. The Kier molecular flexibility index (Phi) is 7.42. The van der Waals surface area contributed by atoms with Crippen LogP contribution in [0.5, 0.6) is 0 Å². The van der Waals surface area contributed by atoms with Crippen molar-refractivity contribution in [1.82, 2.24) is 9.80 Å². The molecule has 184 valence electrons. The number of nitriles is 1. The quantitative estimate of drug-likeness (QED) is 0.639. The number of ether oxygens (including phenoxy) is 2. The molecule has 4 rings (SSSR count). The van der Waals surface area contributed by atoms with E-state index in [1.807, 2.05) is 62.1 Å². The van der Waals surface area contributed by atoms with Crippen LogP contribution < -0.4 is 0 Å². The van der Waals surface area contributed by atoms with Gasteiger partial charge in [0.15, 0.2) is 0 Å². The van der Waals surface area contributed by atoms with Gasteiger partial charge < -0.3 is 14.4 Å². The van der Waals surface area contributed by atoms with Gasteiger partial charge >= 0.3 is 6.09 Å². The zero-order valence-corrected chi connectivity index (χ0v) is 20.7. The van der Waals surface area contributed by atoms with Crippen LogP contribution in [0.1, 0.15) is 55.9 Å². The molecule has 0 N–H and O–H groups in total. The van der Waals surface area contributed by atoms with Crippen LogP contribution in [0.15, 0.2) is 48.5 Å². The summed E-state index contributed by atoms with van der Waals surface area (Å²) < 4.78 is 11.6. The molecule has 0 bridgehead atoms. The van der Waals surface area contributed by atoms with Crippen molar-refractivity contribution in [3.05, 3.63) is 70.8 Å². The summed E-state index contributed by atoms with van der Waals surface area (Å²) >= 11 is 0. The van der Waals surface area contributed by atoms with Crippen molar-refractivity contribution in [2.75, 3.05) is 13.2 Å². The van der Waals surface area contributed by atoms with Gasteiger partial charge in [0.05, 0.1) is 37.4 Å². The smallest absolute Gasteiger partial charge is 0.411 e. The SMILES string of the molecule is CC(C)(C)OC(=O)N1Cc2ccccc2C[C@@H]1C(=O)N1CCC[C@H]1COCc1ccc(C#N)cc1. The molecule has 35 heavy (non-hydrogen) atoms. The number of carbonyl (C=O) groups is 2. The third-order valence-electron chi connectivity index (χ3n) is 6.48. The lowest BCUT2D eigenvalue weighted by Gasteiger charge is -2.39. The molecule has 0 aliphatic carbocycles. The summed E-state index contributed by atoms with van der Waals surface area (Å²) in [5.74, 6) is -0.0464. The van der Waals surface area contributed by atoms with E-state index in [-0.39, 0.29) is 11.9 Å². The summed E-state index contributed by atoms with van der Waals surface area (Å²) in [5, 5.41) is 8.95. The van der Waals surface area contributed by atoms with E-state index < -0.39 is 17.7 Å². The topological polar surface area (TPSA) is 82.9 Å². The number of rotatable bonds is 5. The highest BCUT2D eigenvalue weighted by atomic mass is 16.6. The Morgan fingerprint density at radius 1 is 1.06 bits per heavy atom. The molecule has 0 radical (unpaired) electrons. The molecule has 0 aromatic heterocycles. The second kappa shape index (κ2) is 10.5. The molecule has 1 fully saturated rings. The fourth-order valence-electron chi connectivity index (χ4n) is 4.73. The van der Waals surface area contributed by atoms with Gasteiger partial charge in [0, 0.05) is 13.0 Å². The van der Waals surface area contributed by atoms with Gasteiger partial charge in [0.1, 0.15) is 11.6 Å². The second-order valence-electron chi connectivity index (χ2n) is 10.2. The number of benzene rings is 2. The number of nitrogens with zero attached hydrogens (tertiary/aromatic N) is 3. The maximum atomic E-state index is 13.8. The molecule has 2 aromatic rings. The highest BCUT2D eigenvalue weighted by Gasteiger charge is 2.41. The Bertz CT molecular complexity index is 1100. The fraction of sp³-hybridized carbons (Fsp3) is 0.464. The van der Waals surface area contributed by atoms with E-state index in [4.69, 9.17) is 14.7 Å². The van der Waals surface area contributed by atoms with E-state index in [1.165, 1.54) is 0 Å². The summed E-state index contributed by atoms with van der Waals surface area (Å²) in [5.41, 5.74) is 3.10. The molecule has 2 atom stereocenters. The van der Waals surface area contributed by atoms with Crippen molar-refractivity contribution in [2.24, 2.45) is 0 Å². The Labute approximate surface area is 207 Å². The lowest BCUT2D eigenvalue weighted by molar-refractivity contribution is -0.139. The number of fused-ring (bicyclic) bond motifs is 1. The monoisotopic (exact) mass is 475 g/mol. The van der Waals surface area contributed by atoms with Crippen molar-refractivity contribution < 1.29 is 19.1 Å². The summed E-state index contributed by atoms with van der Waals surface area (Å²) in [4.78, 5) is 30.4. The minimum absolute atomic E-state index is 0.0291. The average Bonchev–Trinajstić information content (AvgIpc) is 3.30. The molecule has 2 aliphatic heterocycles. The number of carbonyl (C=O) groups excluding carboxylic acids is 2. The fourth-order valence-corrected chi connectivity index (χ4v) is 4.73. The molecule has 0 unspecified atom stereocenters. The number of hydrogen-bond donors (Lipinski definition) is 0. The molecule has 2 aliphatic rings. The van der Waals surface area contributed by atoms with Crippen LogP contribution in [0.25, 0.3) is 0 Å². The average molecular weight is 476 g/mol. The standard InChI is InChI=1S/C28H33N3O4/c1-28(2,3)35-27(33)31-17-23-8-5-4-7-22(23)15-25(31)26(32)30-14-6-9-24(30)19-34-18-21-12-10-20(16-29)11-13-21/h4-5,7-8,10-13,24-25H,6,9,14-15,17-19H2,1-3H3/t24-,25+/m0/s1. The van der Waals surface area contributed by atoms with E-state index in [9.17, 15) is 9.59 Å². The van der Waals surface area contributed by atoms with Crippen LogP contribution in [0, 0.1) is 11.3 Å². The van der Waals surface area contributed by atoms with Gasteiger partial charge in [-0.15, -0.1) is 0 Å². The highest BCUT2D eigenvalue weighted by molar-refractivity contribution is 5.87. The van der Waals surface area contributed by atoms with Gasteiger partial charge in [-0.3, -0.25) is 9.69 Å². The van der Waals surface area contributed by atoms with E-state index >= 15 is 0 Å². The summed E-state index contributed by atoms with van der Waals surface area (Å²) in [7, 11) is 0. The third-order valence-corrected chi connectivity index (χ3v) is 6.48. The minimum Gasteiger partial charge on any atom is -0.444 e. The van der Waals surface area contributed by atoms with Gasteiger partial charge in [-0.25, -0.2) is 4.79 Å². The molecule has 2 aromatic carbocycles. The number of amides is 2. The van der Waals surface area contributed by atoms with Crippen molar-refractivity contribution in [3.8, 4) is 6.07 Å². The minimum atomic E-state index is -0.642. The molecular formula is C28H33N3O4. The van der Waals surface area contributed by atoms with E-state index in [2.05, 4.69) is 6.07 Å². The number of hydrogen-bond acceptors (Lipinski definition) is 5. The van der Waals surface area contributed by atoms with Gasteiger partial charge in [-0.1, -0.05) is 36.4 Å². The molecule has 0 saturated carbocycles. The predicted octanol–water partition coefficient (Wildman–Crippen LogP) is 4.43. The van der Waals surface area contributed by atoms with Crippen LogP contribution in [-0.2, 0) is 33.8 Å². The lowest BCUT2D eigenvalue weighted by atomic mass is 9.93.